The van der Waals surface area contributed by atoms with E-state index in [9.17, 15) is 30.7 Å². The lowest BCUT2D eigenvalue weighted by Crippen LogP contribution is -2.28. The van der Waals surface area contributed by atoms with Gasteiger partial charge in [0.05, 0.1) is 22.3 Å². The smallest absolute Gasteiger partial charge is 0.195 e. The predicted molar refractivity (Wildman–Crippen MR) is 158 cm³/mol. The highest BCUT2D eigenvalue weighted by Crippen LogP contribution is 2.40. The van der Waals surface area contributed by atoms with Crippen molar-refractivity contribution in [2.24, 2.45) is 0 Å². The molecule has 0 aliphatic rings. The van der Waals surface area contributed by atoms with Gasteiger partial charge in [0.1, 0.15) is 23.3 Å². The molecule has 0 bridgehead atoms. The molecule has 4 aromatic carbocycles. The average Bonchev–Trinajstić information content (AvgIpc) is 3.07. The normalized spacial score (nSPS) is 11.6. The lowest BCUT2D eigenvalue weighted by atomic mass is 9.99. The molecule has 0 aliphatic carbocycles. The van der Waals surface area contributed by atoms with Crippen LogP contribution < -0.4 is 15.9 Å². The summed E-state index contributed by atoms with van der Waals surface area (Å²) in [7, 11) is 5.09. The second-order valence-electron chi connectivity index (χ2n) is 10.1. The first-order valence-electron chi connectivity index (χ1n) is 12.9. The summed E-state index contributed by atoms with van der Waals surface area (Å²) in [5, 5.41) is -1.98. The Hall–Kier alpha value is -3.80. The maximum absolute atomic E-state index is 15.7. The van der Waals surface area contributed by atoms with Gasteiger partial charge >= 0.3 is 0 Å². The summed E-state index contributed by atoms with van der Waals surface area (Å²) >= 11 is 0. The number of halogens is 14. The molecule has 0 fully saturated rings. The highest BCUT2D eigenvalue weighted by Gasteiger charge is 2.35. The van der Waals surface area contributed by atoms with Crippen LogP contribution in [0.2, 0.25) is 0 Å². The molecule has 256 valence electrons. The van der Waals surface area contributed by atoms with E-state index in [0.29, 0.717) is 13.8 Å². The first-order chi connectivity index (χ1) is 22.8. The second kappa shape index (κ2) is 12.8. The summed E-state index contributed by atoms with van der Waals surface area (Å²) in [4.78, 5) is 9.84. The summed E-state index contributed by atoms with van der Waals surface area (Å²) in [5.41, 5.74) is -11.2. The summed E-state index contributed by atoms with van der Waals surface area (Å²) < 4.78 is 210. The van der Waals surface area contributed by atoms with E-state index in [4.69, 9.17) is 0 Å². The Morgan fingerprint density at radius 2 is 0.571 bits per heavy atom. The summed E-state index contributed by atoms with van der Waals surface area (Å²) in [6.07, 6.45) is 0. The molecular formula is C29H12F14N3P3. The molecular weight excluding hydrogens is 749 g/mol. The molecule has 0 saturated heterocycles. The number of hydrogen-bond acceptors (Lipinski definition) is 3. The van der Waals surface area contributed by atoms with Gasteiger partial charge in [-0.1, -0.05) is 0 Å². The fourth-order valence-corrected chi connectivity index (χ4v) is 5.79. The monoisotopic (exact) mass is 761 g/mol. The molecule has 0 amide bonds. The van der Waals surface area contributed by atoms with E-state index in [-0.39, 0.29) is 0 Å². The molecule has 49 heavy (non-hydrogen) atoms. The molecule has 1 heterocycles. The molecule has 3 unspecified atom stereocenters. The zero-order valence-electron chi connectivity index (χ0n) is 23.9. The number of aromatic nitrogens is 3. The van der Waals surface area contributed by atoms with Crippen molar-refractivity contribution in [3.05, 3.63) is 92.6 Å². The number of benzene rings is 4. The summed E-state index contributed by atoms with van der Waals surface area (Å²) in [6.45, 7) is 1.15. The first kappa shape index (κ1) is 36.5. The van der Waals surface area contributed by atoms with E-state index < -0.39 is 154 Å². The molecule has 0 N–H and O–H groups in total. The SMILES string of the molecule is Cc1c(F)c(F)c(F)c(-c2nc(-c3c(F)c(C)c(F)c(F)c3F)nc(-c3c(F)c(F)c(-c4c(F)c(P)c(P)c(F)c4P)c(F)c3F)n2)c1F. The third-order valence-electron chi connectivity index (χ3n) is 7.27. The van der Waals surface area contributed by atoms with Crippen molar-refractivity contribution in [2.45, 2.75) is 13.8 Å². The molecule has 3 nitrogen and oxygen atoms in total. The fourth-order valence-electron chi connectivity index (χ4n) is 4.64. The first-order valence-corrected chi connectivity index (χ1v) is 14.6. The zero-order chi connectivity index (χ0) is 36.7. The summed E-state index contributed by atoms with van der Waals surface area (Å²) in [5.74, 6) is -35.5. The standard InChI is InChI=1S/C29H12F14N3P3/c1-3-10(30)7(18(38)21(41)12(3)32)27-44-28(8-11(31)4(2)13(33)22(42)19(8)39)46-29(45-27)9-16(36)14(34)5(15(35)17(9)37)6-20(40)25(48)26(49)23(43)24(6)47/h47-49H2,1-2H3. The maximum atomic E-state index is 15.7. The third-order valence-corrected chi connectivity index (χ3v) is 9.28. The molecule has 5 rings (SSSR count). The van der Waals surface area contributed by atoms with Crippen LogP contribution >= 0.6 is 27.7 Å². The van der Waals surface area contributed by atoms with Crippen LogP contribution in [0, 0.1) is 95.3 Å². The van der Waals surface area contributed by atoms with Crippen LogP contribution in [0.5, 0.6) is 0 Å². The molecule has 0 radical (unpaired) electrons. The Kier molecular flexibility index (Phi) is 9.55. The minimum absolute atomic E-state index is 0.446. The van der Waals surface area contributed by atoms with Crippen molar-refractivity contribution in [1.82, 2.24) is 15.0 Å². The lowest BCUT2D eigenvalue weighted by molar-refractivity contribution is 0.430. The van der Waals surface area contributed by atoms with Crippen LogP contribution in [0.3, 0.4) is 0 Å². The zero-order valence-corrected chi connectivity index (χ0v) is 27.3. The molecule has 0 aliphatic heterocycles. The van der Waals surface area contributed by atoms with Crippen LogP contribution in [0.25, 0.3) is 45.3 Å². The van der Waals surface area contributed by atoms with Gasteiger partial charge in [0, 0.05) is 32.6 Å². The molecule has 5 aromatic rings. The van der Waals surface area contributed by atoms with Crippen molar-refractivity contribution in [2.75, 3.05) is 0 Å². The second-order valence-corrected chi connectivity index (χ2v) is 11.8. The van der Waals surface area contributed by atoms with Crippen LogP contribution in [0.4, 0.5) is 61.5 Å². The van der Waals surface area contributed by atoms with Gasteiger partial charge in [0.2, 0.25) is 0 Å². The van der Waals surface area contributed by atoms with Gasteiger partial charge in [-0.05, 0) is 13.8 Å². The average molecular weight is 761 g/mol. The largest absolute Gasteiger partial charge is 0.208 e. The molecule has 20 heteroatoms. The van der Waals surface area contributed by atoms with Crippen molar-refractivity contribution in [3.63, 3.8) is 0 Å². The minimum Gasteiger partial charge on any atom is -0.208 e. The number of nitrogens with zero attached hydrogens (tertiary/aromatic N) is 3. The minimum atomic E-state index is -2.51. The number of hydrogen-bond donors (Lipinski definition) is 0. The van der Waals surface area contributed by atoms with Crippen LogP contribution in [0.15, 0.2) is 0 Å². The van der Waals surface area contributed by atoms with Crippen molar-refractivity contribution in [1.29, 1.82) is 0 Å². The van der Waals surface area contributed by atoms with Gasteiger partial charge < -0.3 is 0 Å². The summed E-state index contributed by atoms with van der Waals surface area (Å²) in [6, 6.07) is 0. The molecule has 0 saturated carbocycles. The Morgan fingerprint density at radius 3 is 0.939 bits per heavy atom. The van der Waals surface area contributed by atoms with Crippen LogP contribution in [0.1, 0.15) is 11.1 Å². The highest BCUT2D eigenvalue weighted by molar-refractivity contribution is 7.36. The number of rotatable bonds is 4. The molecule has 3 atom stereocenters. The van der Waals surface area contributed by atoms with Crippen molar-refractivity contribution in [3.8, 4) is 45.3 Å². The Balaban J connectivity index is 1.94. The van der Waals surface area contributed by atoms with Gasteiger partial charge in [-0.15, -0.1) is 27.7 Å². The predicted octanol–water partition coefficient (Wildman–Crippen LogP) is 7.61. The van der Waals surface area contributed by atoms with Gasteiger partial charge in [0.15, 0.2) is 75.6 Å². The van der Waals surface area contributed by atoms with Crippen LogP contribution in [-0.2, 0) is 0 Å². The third kappa shape index (κ3) is 5.45. The molecule has 1 aromatic heterocycles. The van der Waals surface area contributed by atoms with Gasteiger partial charge in [-0.2, -0.15) is 0 Å². The van der Waals surface area contributed by atoms with E-state index in [2.05, 4.69) is 15.0 Å². The van der Waals surface area contributed by atoms with E-state index in [0.717, 1.165) is 0 Å². The molecule has 0 spiro atoms. The highest BCUT2D eigenvalue weighted by atomic mass is 31.0. The Morgan fingerprint density at radius 1 is 0.286 bits per heavy atom. The van der Waals surface area contributed by atoms with Crippen LogP contribution in [-0.4, -0.2) is 15.0 Å². The maximum Gasteiger partial charge on any atom is 0.195 e. The van der Waals surface area contributed by atoms with E-state index >= 15 is 30.7 Å². The van der Waals surface area contributed by atoms with Gasteiger partial charge in [-0.25, -0.2) is 76.4 Å². The van der Waals surface area contributed by atoms with E-state index in [1.807, 2.05) is 0 Å². The Bertz CT molecular complexity index is 2090. The van der Waals surface area contributed by atoms with E-state index in [1.54, 1.807) is 27.7 Å². The van der Waals surface area contributed by atoms with Crippen molar-refractivity contribution >= 4 is 43.6 Å². The topological polar surface area (TPSA) is 38.7 Å². The lowest BCUT2D eigenvalue weighted by Gasteiger charge is -2.17. The van der Waals surface area contributed by atoms with Gasteiger partial charge in [0.25, 0.3) is 0 Å². The Labute approximate surface area is 271 Å². The fraction of sp³-hybridized carbons (Fsp3) is 0.0690. The van der Waals surface area contributed by atoms with Crippen molar-refractivity contribution < 1.29 is 61.5 Å². The van der Waals surface area contributed by atoms with E-state index in [1.165, 1.54) is 0 Å². The quantitative estimate of drug-likeness (QED) is 0.0821. The van der Waals surface area contributed by atoms with Gasteiger partial charge in [-0.3, -0.25) is 0 Å².